The zero-order valence-corrected chi connectivity index (χ0v) is 10.2. The van der Waals surface area contributed by atoms with Gasteiger partial charge in [-0.1, -0.05) is 29.4 Å². The van der Waals surface area contributed by atoms with E-state index in [1.807, 2.05) is 24.3 Å². The maximum Gasteiger partial charge on any atom is 0.325 e. The van der Waals surface area contributed by atoms with Crippen LogP contribution in [0, 0.1) is 0 Å². The van der Waals surface area contributed by atoms with Crippen molar-refractivity contribution in [3.63, 3.8) is 0 Å². The summed E-state index contributed by atoms with van der Waals surface area (Å²) in [4.78, 5) is 11.7. The number of esters is 1. The second kappa shape index (κ2) is 5.23. The van der Waals surface area contributed by atoms with E-state index in [1.165, 1.54) is 11.8 Å². The van der Waals surface area contributed by atoms with Crippen molar-refractivity contribution in [2.24, 2.45) is 5.16 Å². The van der Waals surface area contributed by atoms with Gasteiger partial charge >= 0.3 is 5.97 Å². The molecule has 0 saturated heterocycles. The predicted molar refractivity (Wildman–Crippen MR) is 66.5 cm³/mol. The molecule has 90 valence electrons. The third-order valence-electron chi connectivity index (χ3n) is 2.56. The fraction of sp³-hybridized carbons (Fsp3) is 0.333. The first-order valence-electron chi connectivity index (χ1n) is 5.36. The zero-order chi connectivity index (χ0) is 12.3. The number of oxime groups is 1. The highest BCUT2D eigenvalue weighted by molar-refractivity contribution is 8.00. The molecular formula is C12H13NO3S. The smallest absolute Gasteiger partial charge is 0.325 e. The molecule has 0 saturated carbocycles. The predicted octanol–water partition coefficient (Wildman–Crippen LogP) is 2.04. The lowest BCUT2D eigenvalue weighted by Gasteiger charge is -2.23. The number of ether oxygens (including phenoxy) is 1. The molecule has 1 aliphatic heterocycles. The van der Waals surface area contributed by atoms with E-state index in [2.05, 4.69) is 5.16 Å². The van der Waals surface area contributed by atoms with E-state index in [4.69, 9.17) is 9.94 Å². The summed E-state index contributed by atoms with van der Waals surface area (Å²) in [6, 6.07) is 7.62. The number of benzene rings is 1. The summed E-state index contributed by atoms with van der Waals surface area (Å²) < 4.78 is 4.98. The SMILES string of the molecule is CCOC(=O)C1SCc2ccccc2/C1=N/O. The third-order valence-corrected chi connectivity index (χ3v) is 3.78. The molecule has 1 heterocycles. The van der Waals surface area contributed by atoms with Gasteiger partial charge in [-0.3, -0.25) is 4.79 Å². The van der Waals surface area contributed by atoms with Crippen molar-refractivity contribution in [1.82, 2.24) is 0 Å². The van der Waals surface area contributed by atoms with Crippen molar-refractivity contribution in [2.75, 3.05) is 6.61 Å². The van der Waals surface area contributed by atoms with Crippen LogP contribution in [0.3, 0.4) is 0 Å². The van der Waals surface area contributed by atoms with Gasteiger partial charge in [-0.2, -0.15) is 0 Å². The highest BCUT2D eigenvalue weighted by Crippen LogP contribution is 2.31. The van der Waals surface area contributed by atoms with Crippen LogP contribution in [0.1, 0.15) is 18.1 Å². The summed E-state index contributed by atoms with van der Waals surface area (Å²) in [7, 11) is 0. The Morgan fingerprint density at radius 2 is 2.35 bits per heavy atom. The zero-order valence-electron chi connectivity index (χ0n) is 9.42. The summed E-state index contributed by atoms with van der Waals surface area (Å²) in [5.41, 5.74) is 2.29. The van der Waals surface area contributed by atoms with Gasteiger partial charge in [0.05, 0.1) is 6.61 Å². The minimum absolute atomic E-state index is 0.330. The number of hydrogen-bond acceptors (Lipinski definition) is 5. The third kappa shape index (κ3) is 2.29. The number of carbonyl (C=O) groups excluding carboxylic acids is 1. The normalized spacial score (nSPS) is 21.0. The van der Waals surface area contributed by atoms with Crippen LogP contribution in [-0.4, -0.2) is 28.7 Å². The molecule has 0 amide bonds. The number of carbonyl (C=O) groups is 1. The summed E-state index contributed by atoms with van der Waals surface area (Å²) in [5.74, 6) is 0.374. The molecule has 1 aromatic carbocycles. The maximum atomic E-state index is 11.7. The number of thioether (sulfide) groups is 1. The first kappa shape index (κ1) is 12.0. The van der Waals surface area contributed by atoms with Crippen molar-refractivity contribution in [3.8, 4) is 0 Å². The van der Waals surface area contributed by atoms with Gasteiger partial charge in [0.15, 0.2) is 0 Å². The minimum Gasteiger partial charge on any atom is -0.465 e. The number of hydrogen-bond donors (Lipinski definition) is 1. The molecule has 0 fully saturated rings. The standard InChI is InChI=1S/C12H13NO3S/c1-2-16-12(14)11-10(13-15)9-6-4-3-5-8(9)7-17-11/h3-6,11,15H,2,7H2,1H3/b13-10-. The lowest BCUT2D eigenvalue weighted by atomic mass is 10.0. The van der Waals surface area contributed by atoms with Crippen molar-refractivity contribution < 1.29 is 14.7 Å². The van der Waals surface area contributed by atoms with Crippen molar-refractivity contribution in [2.45, 2.75) is 17.9 Å². The molecule has 1 unspecified atom stereocenters. The lowest BCUT2D eigenvalue weighted by Crippen LogP contribution is -2.33. The average molecular weight is 251 g/mol. The van der Waals surface area contributed by atoms with Gasteiger partial charge in [-0.05, 0) is 12.5 Å². The van der Waals surface area contributed by atoms with Crippen LogP contribution in [0.15, 0.2) is 29.4 Å². The van der Waals surface area contributed by atoms with Gasteiger partial charge in [0.2, 0.25) is 0 Å². The Balaban J connectivity index is 2.33. The molecule has 0 bridgehead atoms. The Morgan fingerprint density at radius 3 is 3.06 bits per heavy atom. The quantitative estimate of drug-likeness (QED) is 0.496. The van der Waals surface area contributed by atoms with Crippen LogP contribution in [0.5, 0.6) is 0 Å². The molecule has 0 spiro atoms. The molecule has 2 rings (SSSR count). The monoisotopic (exact) mass is 251 g/mol. The fourth-order valence-corrected chi connectivity index (χ4v) is 2.93. The number of nitrogens with zero attached hydrogens (tertiary/aromatic N) is 1. The maximum absolute atomic E-state index is 11.7. The van der Waals surface area contributed by atoms with Gasteiger partial charge in [-0.15, -0.1) is 11.8 Å². The van der Waals surface area contributed by atoms with Crippen LogP contribution < -0.4 is 0 Å². The van der Waals surface area contributed by atoms with Crippen molar-refractivity contribution in [1.29, 1.82) is 0 Å². The van der Waals surface area contributed by atoms with E-state index in [0.29, 0.717) is 12.3 Å². The number of rotatable bonds is 2. The van der Waals surface area contributed by atoms with E-state index < -0.39 is 5.25 Å². The highest BCUT2D eigenvalue weighted by Gasteiger charge is 2.33. The molecule has 17 heavy (non-hydrogen) atoms. The van der Waals surface area contributed by atoms with Crippen LogP contribution in [-0.2, 0) is 15.3 Å². The van der Waals surface area contributed by atoms with Crippen LogP contribution in [0.2, 0.25) is 0 Å². The molecule has 1 atom stereocenters. The van der Waals surface area contributed by atoms with E-state index >= 15 is 0 Å². The van der Waals surface area contributed by atoms with Gasteiger partial charge in [0.25, 0.3) is 0 Å². The van der Waals surface area contributed by atoms with Crippen LogP contribution in [0.25, 0.3) is 0 Å². The minimum atomic E-state index is -0.533. The van der Waals surface area contributed by atoms with Crippen molar-refractivity contribution in [3.05, 3.63) is 35.4 Å². The van der Waals surface area contributed by atoms with E-state index in [-0.39, 0.29) is 5.97 Å². The highest BCUT2D eigenvalue weighted by atomic mass is 32.2. The average Bonchev–Trinajstić information content (AvgIpc) is 2.37. The Morgan fingerprint density at radius 1 is 1.59 bits per heavy atom. The molecule has 1 N–H and O–H groups in total. The number of fused-ring (bicyclic) bond motifs is 1. The van der Waals surface area contributed by atoms with Gasteiger partial charge in [-0.25, -0.2) is 0 Å². The first-order chi connectivity index (χ1) is 8.27. The summed E-state index contributed by atoms with van der Waals surface area (Å²) >= 11 is 1.42. The first-order valence-corrected chi connectivity index (χ1v) is 6.41. The Labute approximate surface area is 104 Å². The molecule has 4 nitrogen and oxygen atoms in total. The molecule has 0 aromatic heterocycles. The Hall–Kier alpha value is -1.49. The molecule has 1 aromatic rings. The van der Waals surface area contributed by atoms with Gasteiger partial charge < -0.3 is 9.94 Å². The van der Waals surface area contributed by atoms with E-state index in [1.54, 1.807) is 6.92 Å². The fourth-order valence-electron chi connectivity index (χ4n) is 1.79. The van der Waals surface area contributed by atoms with Gasteiger partial charge in [0, 0.05) is 11.3 Å². The van der Waals surface area contributed by atoms with Crippen molar-refractivity contribution >= 4 is 23.4 Å². The van der Waals surface area contributed by atoms with E-state index in [0.717, 1.165) is 16.9 Å². The molecular weight excluding hydrogens is 238 g/mol. The largest absolute Gasteiger partial charge is 0.465 e. The summed E-state index contributed by atoms with van der Waals surface area (Å²) in [6.45, 7) is 2.09. The second-order valence-electron chi connectivity index (χ2n) is 3.59. The molecule has 0 aliphatic carbocycles. The van der Waals surface area contributed by atoms with Crippen LogP contribution >= 0.6 is 11.8 Å². The Kier molecular flexibility index (Phi) is 3.68. The van der Waals surface area contributed by atoms with E-state index in [9.17, 15) is 4.79 Å². The molecule has 1 aliphatic rings. The second-order valence-corrected chi connectivity index (χ2v) is 4.68. The molecule has 0 radical (unpaired) electrons. The van der Waals surface area contributed by atoms with Gasteiger partial charge in [0.1, 0.15) is 11.0 Å². The Bertz CT molecular complexity index is 459. The summed E-state index contributed by atoms with van der Waals surface area (Å²) in [6.07, 6.45) is 0. The molecule has 5 heteroatoms. The topological polar surface area (TPSA) is 58.9 Å². The lowest BCUT2D eigenvalue weighted by molar-refractivity contribution is -0.141. The summed E-state index contributed by atoms with van der Waals surface area (Å²) in [5, 5.41) is 11.8. The van der Waals surface area contributed by atoms with Crippen LogP contribution in [0.4, 0.5) is 0 Å².